The number of hydrogen-bond donors (Lipinski definition) is 7. The van der Waals surface area contributed by atoms with Crippen LogP contribution in [0.2, 0.25) is 0 Å². The first-order chi connectivity index (χ1) is 18.4. The number of carboxylic acids is 1. The molecule has 10 atom stereocenters. The van der Waals surface area contributed by atoms with Gasteiger partial charge in [0.05, 0.1) is 6.61 Å². The Morgan fingerprint density at radius 1 is 1.00 bits per heavy atom. The molecule has 1 aromatic carbocycles. The van der Waals surface area contributed by atoms with E-state index in [4.69, 9.17) is 23.4 Å². The van der Waals surface area contributed by atoms with Gasteiger partial charge in [0, 0.05) is 24.4 Å². The standard InChI is InChI=1S/C24H29NO14/c1-8-5-14(28)36-12-6-10(3-4-11(8)12)35-23-15(25-9(2)27)20(16(29)13(7-26)37-23)38-24-19(32)17(30)18(31)21(39-24)22(33)34/h3-6,13,15-21,23-24,26,29-32H,7H2,1-2H3,(H,25,27)(H,33,34)/t13-,15-,16-,17+,18+,19-,20-,21+,23-,24-/m1/s1. The highest BCUT2D eigenvalue weighted by Crippen LogP contribution is 2.31. The fraction of sp³-hybridized carbons (Fsp3) is 0.542. The molecule has 2 aliphatic rings. The van der Waals surface area contributed by atoms with Gasteiger partial charge in [0.1, 0.15) is 54.0 Å². The number of aliphatic hydroxyl groups is 5. The zero-order valence-electron chi connectivity index (χ0n) is 20.7. The van der Waals surface area contributed by atoms with Crippen LogP contribution in [-0.4, -0.2) is 110 Å². The van der Waals surface area contributed by atoms with Crippen molar-refractivity contribution >= 4 is 22.8 Å². The van der Waals surface area contributed by atoms with E-state index in [1.807, 2.05) is 0 Å². The van der Waals surface area contributed by atoms with Gasteiger partial charge >= 0.3 is 11.6 Å². The summed E-state index contributed by atoms with van der Waals surface area (Å²) in [6, 6.07) is 4.53. The highest BCUT2D eigenvalue weighted by Gasteiger charge is 2.53. The number of aliphatic carboxylic acids is 1. The van der Waals surface area contributed by atoms with Crippen LogP contribution >= 0.6 is 0 Å². The maximum Gasteiger partial charge on any atom is 0.336 e. The molecule has 0 radical (unpaired) electrons. The quantitative estimate of drug-likeness (QED) is 0.173. The molecule has 1 amide bonds. The second-order valence-electron chi connectivity index (χ2n) is 9.30. The molecule has 1 aromatic heterocycles. The van der Waals surface area contributed by atoms with E-state index in [1.54, 1.807) is 13.0 Å². The van der Waals surface area contributed by atoms with Crippen molar-refractivity contribution in [1.29, 1.82) is 0 Å². The minimum absolute atomic E-state index is 0.113. The number of aliphatic hydroxyl groups excluding tert-OH is 5. The highest BCUT2D eigenvalue weighted by atomic mass is 16.7. The van der Waals surface area contributed by atoms with Crippen LogP contribution in [0.1, 0.15) is 12.5 Å². The van der Waals surface area contributed by atoms with Gasteiger partial charge in [-0.25, -0.2) is 9.59 Å². The lowest BCUT2D eigenvalue weighted by atomic mass is 9.95. The van der Waals surface area contributed by atoms with Crippen molar-refractivity contribution < 1.29 is 63.6 Å². The maximum atomic E-state index is 12.1. The molecule has 0 spiro atoms. The molecular formula is C24H29NO14. The van der Waals surface area contributed by atoms with Gasteiger partial charge in [-0.05, 0) is 24.6 Å². The first-order valence-electron chi connectivity index (χ1n) is 11.9. The molecule has 2 saturated heterocycles. The first-order valence-corrected chi connectivity index (χ1v) is 11.9. The Balaban J connectivity index is 1.66. The molecule has 7 N–H and O–H groups in total. The summed E-state index contributed by atoms with van der Waals surface area (Å²) in [7, 11) is 0. The lowest BCUT2D eigenvalue weighted by Gasteiger charge is -2.47. The smallest absolute Gasteiger partial charge is 0.336 e. The Hall–Kier alpha value is -3.15. The van der Waals surface area contributed by atoms with Crippen molar-refractivity contribution in [3.63, 3.8) is 0 Å². The molecule has 0 aliphatic carbocycles. The van der Waals surface area contributed by atoms with Crippen LogP contribution in [0, 0.1) is 6.92 Å². The molecule has 3 heterocycles. The van der Waals surface area contributed by atoms with Crippen LogP contribution in [-0.2, 0) is 23.8 Å². The number of hydrogen-bond acceptors (Lipinski definition) is 13. The summed E-state index contributed by atoms with van der Waals surface area (Å²) >= 11 is 0. The predicted molar refractivity (Wildman–Crippen MR) is 126 cm³/mol. The number of rotatable bonds is 7. The lowest BCUT2D eigenvalue weighted by molar-refractivity contribution is -0.334. The van der Waals surface area contributed by atoms with Gasteiger partial charge in [-0.15, -0.1) is 0 Å². The van der Waals surface area contributed by atoms with Crippen LogP contribution < -0.4 is 15.7 Å². The normalized spacial score (nSPS) is 34.9. The molecule has 0 saturated carbocycles. The molecule has 0 unspecified atom stereocenters. The molecule has 0 bridgehead atoms. The number of ether oxygens (including phenoxy) is 4. The van der Waals surface area contributed by atoms with E-state index in [1.165, 1.54) is 18.2 Å². The molecule has 2 fully saturated rings. The number of carboxylic acid groups (broad SMARTS) is 1. The number of amides is 1. The van der Waals surface area contributed by atoms with E-state index in [-0.39, 0.29) is 11.3 Å². The zero-order valence-corrected chi connectivity index (χ0v) is 20.7. The van der Waals surface area contributed by atoms with E-state index in [0.717, 1.165) is 6.92 Å². The number of fused-ring (bicyclic) bond motifs is 1. The fourth-order valence-electron chi connectivity index (χ4n) is 4.55. The Morgan fingerprint density at radius 2 is 1.72 bits per heavy atom. The Kier molecular flexibility index (Phi) is 8.53. The molecule has 15 heteroatoms. The highest BCUT2D eigenvalue weighted by molar-refractivity contribution is 5.81. The van der Waals surface area contributed by atoms with Crippen molar-refractivity contribution in [3.05, 3.63) is 40.2 Å². The van der Waals surface area contributed by atoms with E-state index in [0.29, 0.717) is 10.9 Å². The molecule has 214 valence electrons. The van der Waals surface area contributed by atoms with E-state index in [2.05, 4.69) is 5.32 Å². The number of carbonyl (C=O) groups excluding carboxylic acids is 1. The first kappa shape index (κ1) is 28.8. The van der Waals surface area contributed by atoms with Crippen molar-refractivity contribution in [2.45, 2.75) is 75.2 Å². The molecule has 39 heavy (non-hydrogen) atoms. The monoisotopic (exact) mass is 555 g/mol. The number of carbonyl (C=O) groups is 2. The second kappa shape index (κ2) is 11.5. The molecule has 2 aliphatic heterocycles. The SMILES string of the molecule is CC(=O)N[C@H]1[C@H](Oc2ccc3c(C)cc(=O)oc3c2)O[C@H](CO)[C@@H](O)[C@@H]1O[C@@H]1O[C@H](C(=O)O)[C@@H](O)[C@H](O)[C@H]1O. The van der Waals surface area contributed by atoms with Crippen molar-refractivity contribution in [2.75, 3.05) is 6.61 Å². The Labute approximate surface area is 220 Å². The number of aryl methyl sites for hydroxylation is 1. The summed E-state index contributed by atoms with van der Waals surface area (Å²) in [6.07, 6.45) is -15.8. The van der Waals surface area contributed by atoms with Crippen LogP contribution in [0.3, 0.4) is 0 Å². The fourth-order valence-corrected chi connectivity index (χ4v) is 4.55. The van der Waals surface area contributed by atoms with Crippen LogP contribution in [0.25, 0.3) is 11.0 Å². The van der Waals surface area contributed by atoms with Crippen molar-refractivity contribution in [2.24, 2.45) is 0 Å². The summed E-state index contributed by atoms with van der Waals surface area (Å²) in [5.74, 6) is -2.16. The van der Waals surface area contributed by atoms with Gasteiger partial charge in [0.2, 0.25) is 12.2 Å². The van der Waals surface area contributed by atoms with E-state index in [9.17, 15) is 45.0 Å². The predicted octanol–water partition coefficient (Wildman–Crippen LogP) is -2.66. The van der Waals surface area contributed by atoms with Gasteiger partial charge in [-0.3, -0.25) is 4.79 Å². The average molecular weight is 555 g/mol. The largest absolute Gasteiger partial charge is 0.479 e. The molecule has 2 aromatic rings. The number of nitrogens with one attached hydrogen (secondary N) is 1. The minimum Gasteiger partial charge on any atom is -0.479 e. The van der Waals surface area contributed by atoms with Gasteiger partial charge in [-0.2, -0.15) is 0 Å². The van der Waals surface area contributed by atoms with Crippen LogP contribution in [0.5, 0.6) is 5.75 Å². The summed E-state index contributed by atoms with van der Waals surface area (Å²) < 4.78 is 27.6. The van der Waals surface area contributed by atoms with E-state index >= 15 is 0 Å². The second-order valence-corrected chi connectivity index (χ2v) is 9.30. The topological polar surface area (TPSA) is 235 Å². The molecular weight excluding hydrogens is 526 g/mol. The summed E-state index contributed by atoms with van der Waals surface area (Å²) in [5, 5.41) is 63.6. The van der Waals surface area contributed by atoms with Crippen molar-refractivity contribution in [3.8, 4) is 5.75 Å². The maximum absolute atomic E-state index is 12.1. The summed E-state index contributed by atoms with van der Waals surface area (Å²) in [5.41, 5.74) is 0.270. The van der Waals surface area contributed by atoms with Crippen LogP contribution in [0.4, 0.5) is 0 Å². The van der Waals surface area contributed by atoms with Crippen molar-refractivity contribution in [1.82, 2.24) is 5.32 Å². The van der Waals surface area contributed by atoms with Gasteiger partial charge in [0.25, 0.3) is 0 Å². The molecule has 15 nitrogen and oxygen atoms in total. The van der Waals surface area contributed by atoms with Gasteiger partial charge < -0.3 is 59.3 Å². The third kappa shape index (κ3) is 5.90. The average Bonchev–Trinajstić information content (AvgIpc) is 2.86. The number of benzene rings is 1. The summed E-state index contributed by atoms with van der Waals surface area (Å²) in [4.78, 5) is 35.4. The van der Waals surface area contributed by atoms with Gasteiger partial charge in [-0.1, -0.05) is 0 Å². The van der Waals surface area contributed by atoms with E-state index < -0.39 is 85.5 Å². The minimum atomic E-state index is -1.99. The third-order valence-corrected chi connectivity index (χ3v) is 6.50. The zero-order chi connectivity index (χ0) is 28.6. The summed E-state index contributed by atoms with van der Waals surface area (Å²) in [6.45, 7) is 2.13. The molecule has 4 rings (SSSR count). The third-order valence-electron chi connectivity index (χ3n) is 6.50. The van der Waals surface area contributed by atoms with Gasteiger partial charge in [0.15, 0.2) is 12.4 Å². The van der Waals surface area contributed by atoms with Crippen LogP contribution in [0.15, 0.2) is 33.5 Å². The Bertz CT molecular complexity index is 1270. The lowest BCUT2D eigenvalue weighted by Crippen LogP contribution is -2.68. The Morgan fingerprint density at radius 3 is 2.36 bits per heavy atom.